The topological polar surface area (TPSA) is 93.2 Å². The first kappa shape index (κ1) is 18.6. The van der Waals surface area contributed by atoms with E-state index in [9.17, 15) is 16.8 Å². The molecule has 0 fully saturated rings. The quantitative estimate of drug-likeness (QED) is 0.756. The molecule has 0 atom stereocenters. The van der Waals surface area contributed by atoms with Crippen LogP contribution in [0.3, 0.4) is 0 Å². The highest BCUT2D eigenvalue weighted by Gasteiger charge is 2.30. The first-order valence-electron chi connectivity index (χ1n) is 6.88. The molecule has 0 amide bonds. The van der Waals surface area contributed by atoms with Gasteiger partial charge >= 0.3 is 0 Å². The van der Waals surface area contributed by atoms with Crippen LogP contribution >= 0.6 is 15.9 Å². The first-order chi connectivity index (χ1) is 11.3. The van der Waals surface area contributed by atoms with Crippen molar-refractivity contribution in [1.82, 2.24) is 4.98 Å². The lowest BCUT2D eigenvalue weighted by Crippen LogP contribution is -2.17. The lowest BCUT2D eigenvalue weighted by Gasteiger charge is -2.10. The van der Waals surface area contributed by atoms with Gasteiger partial charge in [-0.25, -0.2) is 21.8 Å². The van der Waals surface area contributed by atoms with Crippen LogP contribution in [0.5, 0.6) is 0 Å². The molecular formula is C15H15BrN2O4S2. The normalized spacial score (nSPS) is 12.8. The van der Waals surface area contributed by atoms with Crippen molar-refractivity contribution in [1.29, 1.82) is 0 Å². The van der Waals surface area contributed by atoms with E-state index in [1.165, 1.54) is 37.4 Å². The van der Waals surface area contributed by atoms with Crippen LogP contribution in [0.2, 0.25) is 0 Å². The van der Waals surface area contributed by atoms with Crippen molar-refractivity contribution < 1.29 is 16.8 Å². The van der Waals surface area contributed by atoms with E-state index < -0.39 is 23.9 Å². The third-order valence-electron chi connectivity index (χ3n) is 3.07. The Morgan fingerprint density at radius 2 is 1.79 bits per heavy atom. The molecule has 24 heavy (non-hydrogen) atoms. The van der Waals surface area contributed by atoms with Crippen molar-refractivity contribution in [3.8, 4) is 0 Å². The molecule has 0 bridgehead atoms. The minimum atomic E-state index is -4.18. The second-order valence-corrected chi connectivity index (χ2v) is 10.0. The number of hydrogen-bond donors (Lipinski definition) is 1. The zero-order chi connectivity index (χ0) is 17.8. The monoisotopic (exact) mass is 430 g/mol. The predicted octanol–water partition coefficient (Wildman–Crippen LogP) is 2.96. The standard InChI is InChI=1S/C15H15BrN2O4S2/c1-2-23(19,20)15(11-18-14-9-8-12(16)10-17-14)24(21,22)13-6-4-3-5-7-13/h3-11H,2H2,1H3,(H,17,18). The Morgan fingerprint density at radius 3 is 2.33 bits per heavy atom. The van der Waals surface area contributed by atoms with Gasteiger partial charge in [0.15, 0.2) is 14.1 Å². The highest BCUT2D eigenvalue weighted by atomic mass is 79.9. The fraction of sp³-hybridized carbons (Fsp3) is 0.133. The predicted molar refractivity (Wildman–Crippen MR) is 96.7 cm³/mol. The van der Waals surface area contributed by atoms with E-state index in [4.69, 9.17) is 0 Å². The number of halogens is 1. The maximum absolute atomic E-state index is 12.7. The number of rotatable bonds is 6. The van der Waals surface area contributed by atoms with Gasteiger partial charge in [0.2, 0.25) is 9.84 Å². The summed E-state index contributed by atoms with van der Waals surface area (Å²) in [5.74, 6) is -0.00867. The van der Waals surface area contributed by atoms with E-state index in [0.29, 0.717) is 5.82 Å². The smallest absolute Gasteiger partial charge is 0.219 e. The van der Waals surface area contributed by atoms with Crippen LogP contribution in [0, 0.1) is 0 Å². The fourth-order valence-electron chi connectivity index (χ4n) is 1.79. The lowest BCUT2D eigenvalue weighted by molar-refractivity contribution is 0.595. The Bertz CT molecular complexity index is 939. The molecule has 0 saturated heterocycles. The molecule has 0 aliphatic carbocycles. The average Bonchev–Trinajstić information content (AvgIpc) is 2.57. The summed E-state index contributed by atoms with van der Waals surface area (Å²) in [4.78, 5) is 3.94. The van der Waals surface area contributed by atoms with Gasteiger partial charge in [-0.2, -0.15) is 0 Å². The summed E-state index contributed by atoms with van der Waals surface area (Å²) in [6, 6.07) is 10.7. The summed E-state index contributed by atoms with van der Waals surface area (Å²) in [6.07, 6.45) is 2.48. The van der Waals surface area contributed by atoms with Gasteiger partial charge in [0.1, 0.15) is 5.82 Å². The van der Waals surface area contributed by atoms with Gasteiger partial charge in [-0.05, 0) is 40.2 Å². The van der Waals surface area contributed by atoms with Gasteiger partial charge in [0.25, 0.3) is 0 Å². The zero-order valence-electron chi connectivity index (χ0n) is 12.7. The third kappa shape index (κ3) is 4.22. The molecule has 0 saturated carbocycles. The van der Waals surface area contributed by atoms with Crippen molar-refractivity contribution >= 4 is 41.4 Å². The highest BCUT2D eigenvalue weighted by molar-refractivity contribution is 9.10. The van der Waals surface area contributed by atoms with E-state index in [1.807, 2.05) is 0 Å². The molecule has 1 N–H and O–H groups in total. The number of hydrogen-bond acceptors (Lipinski definition) is 6. The summed E-state index contributed by atoms with van der Waals surface area (Å²) >= 11 is 3.23. The van der Waals surface area contributed by atoms with Crippen molar-refractivity contribution in [3.63, 3.8) is 0 Å². The molecule has 9 heteroatoms. The number of benzene rings is 1. The van der Waals surface area contributed by atoms with Crippen molar-refractivity contribution in [2.45, 2.75) is 11.8 Å². The van der Waals surface area contributed by atoms with E-state index in [-0.39, 0.29) is 10.6 Å². The molecule has 6 nitrogen and oxygen atoms in total. The Kier molecular flexibility index (Phi) is 5.79. The van der Waals surface area contributed by atoms with E-state index in [0.717, 1.165) is 10.7 Å². The molecule has 0 radical (unpaired) electrons. The van der Waals surface area contributed by atoms with Gasteiger partial charge in [0.05, 0.1) is 10.6 Å². The molecule has 0 spiro atoms. The van der Waals surface area contributed by atoms with Crippen LogP contribution in [0.25, 0.3) is 0 Å². The van der Waals surface area contributed by atoms with Gasteiger partial charge in [0, 0.05) is 16.9 Å². The molecule has 1 heterocycles. The molecule has 1 aromatic heterocycles. The lowest BCUT2D eigenvalue weighted by atomic mass is 10.4. The number of sulfone groups is 2. The van der Waals surface area contributed by atoms with Gasteiger partial charge in [-0.3, -0.25) is 0 Å². The van der Waals surface area contributed by atoms with Gasteiger partial charge in [-0.15, -0.1) is 0 Å². The molecule has 1 aromatic carbocycles. The van der Waals surface area contributed by atoms with Crippen LogP contribution < -0.4 is 5.32 Å². The number of aromatic nitrogens is 1. The molecular weight excluding hydrogens is 416 g/mol. The largest absolute Gasteiger partial charge is 0.345 e. The molecule has 0 unspecified atom stereocenters. The summed E-state index contributed by atoms with van der Waals surface area (Å²) in [6.45, 7) is 1.39. The van der Waals surface area contributed by atoms with Gasteiger partial charge in [-0.1, -0.05) is 25.1 Å². The Balaban J connectivity index is 2.50. The van der Waals surface area contributed by atoms with E-state index >= 15 is 0 Å². The maximum Gasteiger partial charge on any atom is 0.219 e. The van der Waals surface area contributed by atoms with Crippen LogP contribution in [-0.2, 0) is 19.7 Å². The number of anilines is 1. The Labute approximate surface area is 149 Å². The van der Waals surface area contributed by atoms with Crippen molar-refractivity contribution in [3.05, 3.63) is 63.6 Å². The maximum atomic E-state index is 12.7. The third-order valence-corrected chi connectivity index (χ3v) is 7.99. The molecule has 2 aromatic rings. The van der Waals surface area contributed by atoms with Crippen LogP contribution in [0.15, 0.2) is 68.5 Å². The first-order valence-corrected chi connectivity index (χ1v) is 10.8. The minimum absolute atomic E-state index is 0.0844. The summed E-state index contributed by atoms with van der Waals surface area (Å²) in [7, 11) is -8.15. The second-order valence-electron chi connectivity index (χ2n) is 4.69. The van der Waals surface area contributed by atoms with Crippen molar-refractivity contribution in [2.24, 2.45) is 0 Å². The summed E-state index contributed by atoms with van der Waals surface area (Å²) in [5, 5.41) is 2.64. The highest BCUT2D eigenvalue weighted by Crippen LogP contribution is 2.24. The van der Waals surface area contributed by atoms with Crippen LogP contribution in [-0.4, -0.2) is 27.6 Å². The van der Waals surface area contributed by atoms with E-state index in [2.05, 4.69) is 26.2 Å². The minimum Gasteiger partial charge on any atom is -0.345 e. The van der Waals surface area contributed by atoms with E-state index in [1.54, 1.807) is 18.2 Å². The van der Waals surface area contributed by atoms with Crippen LogP contribution in [0.1, 0.15) is 6.92 Å². The zero-order valence-corrected chi connectivity index (χ0v) is 15.9. The number of nitrogens with one attached hydrogen (secondary N) is 1. The van der Waals surface area contributed by atoms with Crippen molar-refractivity contribution in [2.75, 3.05) is 11.1 Å². The van der Waals surface area contributed by atoms with Gasteiger partial charge < -0.3 is 5.32 Å². The molecule has 128 valence electrons. The summed E-state index contributed by atoms with van der Waals surface area (Å²) < 4.78 is 50.0. The number of pyridine rings is 1. The Hall–Kier alpha value is -1.71. The summed E-state index contributed by atoms with van der Waals surface area (Å²) in [5.41, 5.74) is 0. The SMILES string of the molecule is CCS(=O)(=O)C(=CNc1ccc(Br)cn1)S(=O)(=O)c1ccccc1. The van der Waals surface area contributed by atoms with Crippen LogP contribution in [0.4, 0.5) is 5.82 Å². The number of nitrogens with zero attached hydrogens (tertiary/aromatic N) is 1. The Morgan fingerprint density at radius 1 is 1.12 bits per heavy atom. The second kappa shape index (κ2) is 7.45. The molecule has 0 aliphatic rings. The average molecular weight is 431 g/mol. The fourth-order valence-corrected chi connectivity index (χ4v) is 5.49. The molecule has 0 aliphatic heterocycles. The molecule has 2 rings (SSSR count).